The van der Waals surface area contributed by atoms with Gasteiger partial charge in [-0.25, -0.2) is 0 Å². The second-order valence-corrected chi connectivity index (χ2v) is 0.770. The molecule has 0 atom stereocenters. The molecular weight excluding hydrogens is 84.0 g/mol. The maximum absolute atomic E-state index is 7.91. The van der Waals surface area contributed by atoms with Crippen molar-refractivity contribution in [2.24, 2.45) is 11.5 Å². The van der Waals surface area contributed by atoms with Crippen molar-refractivity contribution in [2.45, 2.75) is 0 Å². The van der Waals surface area contributed by atoms with Crippen molar-refractivity contribution in [1.29, 1.82) is 0 Å². The number of aliphatic hydroxyl groups is 2. The summed E-state index contributed by atoms with van der Waals surface area (Å²) in [6.45, 7) is 0. The first-order valence-corrected chi connectivity index (χ1v) is 1.27. The highest BCUT2D eigenvalue weighted by Crippen LogP contribution is 1.73. The van der Waals surface area contributed by atoms with Crippen molar-refractivity contribution < 1.29 is 10.2 Å². The third-order valence-corrected chi connectivity index (χ3v) is 0.262. The van der Waals surface area contributed by atoms with Gasteiger partial charge in [-0.05, 0) is 0 Å². The molecule has 0 saturated heterocycles. The first-order valence-electron chi connectivity index (χ1n) is 1.27. The summed E-state index contributed by atoms with van der Waals surface area (Å²) in [6.07, 6.45) is 0. The van der Waals surface area contributed by atoms with E-state index >= 15 is 0 Å². The number of hydrogen-bond acceptors (Lipinski definition) is 4. The molecule has 0 fully saturated rings. The average molecular weight is 90.1 g/mol. The molecule has 0 amide bonds. The van der Waals surface area contributed by atoms with Gasteiger partial charge in [0, 0.05) is 0 Å². The molecule has 0 aromatic heterocycles. The van der Waals surface area contributed by atoms with Gasteiger partial charge in [0.2, 0.25) is 11.8 Å². The van der Waals surface area contributed by atoms with Crippen molar-refractivity contribution in [3.63, 3.8) is 0 Å². The molecule has 0 heterocycles. The minimum atomic E-state index is -0.741. The lowest BCUT2D eigenvalue weighted by atomic mass is 10.8. The lowest BCUT2D eigenvalue weighted by molar-refractivity contribution is 0.317. The maximum atomic E-state index is 7.91. The normalized spacial score (nSPS) is 13.3. The molecular formula is C2H6N2O2. The molecule has 0 radical (unpaired) electrons. The van der Waals surface area contributed by atoms with Crippen LogP contribution in [0.5, 0.6) is 0 Å². The van der Waals surface area contributed by atoms with Gasteiger partial charge >= 0.3 is 0 Å². The monoisotopic (exact) mass is 90.0 g/mol. The maximum Gasteiger partial charge on any atom is 0.243 e. The summed E-state index contributed by atoms with van der Waals surface area (Å²) in [4.78, 5) is 0. The van der Waals surface area contributed by atoms with Crippen LogP contribution in [0.1, 0.15) is 0 Å². The van der Waals surface area contributed by atoms with Gasteiger partial charge in [-0.3, -0.25) is 0 Å². The van der Waals surface area contributed by atoms with Crippen molar-refractivity contribution >= 4 is 0 Å². The molecule has 6 heavy (non-hydrogen) atoms. The summed E-state index contributed by atoms with van der Waals surface area (Å²) in [5.41, 5.74) is 8.99. The van der Waals surface area contributed by atoms with Crippen LogP contribution in [-0.2, 0) is 0 Å². The second kappa shape index (κ2) is 1.40. The largest absolute Gasteiger partial charge is 0.491 e. The number of hydrogen-bond donors (Lipinski definition) is 4. The summed E-state index contributed by atoms with van der Waals surface area (Å²) in [5.74, 6) is -1.48. The summed E-state index contributed by atoms with van der Waals surface area (Å²) >= 11 is 0. The zero-order valence-corrected chi connectivity index (χ0v) is 3.05. The Balaban J connectivity index is 3.68. The number of nitrogens with two attached hydrogens (primary N) is 2. The Bertz CT molecular complexity index is 59.6. The van der Waals surface area contributed by atoms with E-state index in [1.54, 1.807) is 0 Å². The Morgan fingerprint density at radius 2 is 1.17 bits per heavy atom. The average Bonchev–Trinajstić information content (AvgIpc) is 1.36. The van der Waals surface area contributed by atoms with Crippen LogP contribution in [0.15, 0.2) is 11.8 Å². The van der Waals surface area contributed by atoms with Crippen LogP contribution >= 0.6 is 0 Å². The van der Waals surface area contributed by atoms with Crippen molar-refractivity contribution in [3.05, 3.63) is 11.8 Å². The molecule has 4 heteroatoms. The zero-order valence-electron chi connectivity index (χ0n) is 3.05. The molecule has 36 valence electrons. The van der Waals surface area contributed by atoms with Gasteiger partial charge in [0.15, 0.2) is 0 Å². The molecule has 6 N–H and O–H groups in total. The van der Waals surface area contributed by atoms with Crippen molar-refractivity contribution in [1.82, 2.24) is 0 Å². The van der Waals surface area contributed by atoms with E-state index in [1.807, 2.05) is 0 Å². The Morgan fingerprint density at radius 3 is 1.17 bits per heavy atom. The Kier molecular flexibility index (Phi) is 1.15. The van der Waals surface area contributed by atoms with E-state index in [0.29, 0.717) is 0 Å². The predicted octanol–water partition coefficient (Wildman–Crippen LogP) is -0.854. The second-order valence-electron chi connectivity index (χ2n) is 0.770. The number of rotatable bonds is 0. The molecule has 0 aromatic carbocycles. The summed E-state index contributed by atoms with van der Waals surface area (Å²) in [7, 11) is 0. The fourth-order valence-electron chi connectivity index (χ4n) is 0. The molecule has 4 nitrogen and oxygen atoms in total. The van der Waals surface area contributed by atoms with Gasteiger partial charge in [0.05, 0.1) is 0 Å². The van der Waals surface area contributed by atoms with Gasteiger partial charge in [-0.2, -0.15) is 0 Å². The van der Waals surface area contributed by atoms with Gasteiger partial charge in [0.25, 0.3) is 0 Å². The summed E-state index contributed by atoms with van der Waals surface area (Å²) in [5, 5.41) is 15.8. The SMILES string of the molecule is NC(O)=C(N)O. The molecule has 0 aliphatic rings. The third-order valence-electron chi connectivity index (χ3n) is 0.262. The van der Waals surface area contributed by atoms with E-state index in [4.69, 9.17) is 10.2 Å². The standard InChI is InChI=1S/C2H6N2O2/c3-1(5)2(4)6/h5-6H,3-4H2. The van der Waals surface area contributed by atoms with E-state index in [1.165, 1.54) is 0 Å². The van der Waals surface area contributed by atoms with Crippen LogP contribution in [0.25, 0.3) is 0 Å². The first kappa shape index (κ1) is 4.94. The lowest BCUT2D eigenvalue weighted by Gasteiger charge is -1.86. The molecule has 0 rings (SSSR count). The summed E-state index contributed by atoms with van der Waals surface area (Å²) < 4.78 is 0. The van der Waals surface area contributed by atoms with Crippen LogP contribution in [0.4, 0.5) is 0 Å². The highest BCUT2D eigenvalue weighted by atomic mass is 16.3. The third kappa shape index (κ3) is 1.28. The molecule has 0 aromatic rings. The van der Waals surface area contributed by atoms with Gasteiger partial charge in [0.1, 0.15) is 0 Å². The predicted molar refractivity (Wildman–Crippen MR) is 20.7 cm³/mol. The first-order chi connectivity index (χ1) is 2.64. The molecule has 0 aliphatic carbocycles. The minimum Gasteiger partial charge on any atom is -0.491 e. The summed E-state index contributed by atoms with van der Waals surface area (Å²) in [6, 6.07) is 0. The molecule has 0 saturated carbocycles. The fraction of sp³-hybridized carbons (Fsp3) is 0. The van der Waals surface area contributed by atoms with Gasteiger partial charge in [-0.1, -0.05) is 0 Å². The van der Waals surface area contributed by atoms with Gasteiger partial charge in [-0.15, -0.1) is 0 Å². The molecule has 0 unspecified atom stereocenters. The molecule has 0 bridgehead atoms. The highest BCUT2D eigenvalue weighted by molar-refractivity contribution is 4.86. The van der Waals surface area contributed by atoms with Crippen LogP contribution in [0.2, 0.25) is 0 Å². The lowest BCUT2D eigenvalue weighted by Crippen LogP contribution is -2.07. The smallest absolute Gasteiger partial charge is 0.243 e. The highest BCUT2D eigenvalue weighted by Gasteiger charge is 1.84. The van der Waals surface area contributed by atoms with Crippen LogP contribution in [-0.4, -0.2) is 10.2 Å². The van der Waals surface area contributed by atoms with Crippen LogP contribution in [0, 0.1) is 0 Å². The molecule has 0 aliphatic heterocycles. The zero-order chi connectivity index (χ0) is 5.15. The van der Waals surface area contributed by atoms with E-state index in [9.17, 15) is 0 Å². The van der Waals surface area contributed by atoms with Crippen molar-refractivity contribution in [3.8, 4) is 0 Å². The van der Waals surface area contributed by atoms with E-state index in [2.05, 4.69) is 11.5 Å². The van der Waals surface area contributed by atoms with E-state index < -0.39 is 11.8 Å². The van der Waals surface area contributed by atoms with Crippen molar-refractivity contribution in [2.75, 3.05) is 0 Å². The Hall–Kier alpha value is -1.06. The Labute approximate surface area is 34.7 Å². The quantitative estimate of drug-likeness (QED) is 0.291. The molecule has 0 spiro atoms. The van der Waals surface area contributed by atoms with Gasteiger partial charge < -0.3 is 21.7 Å². The number of aliphatic hydroxyl groups excluding tert-OH is 2. The van der Waals surface area contributed by atoms with E-state index in [0.717, 1.165) is 0 Å². The minimum absolute atomic E-state index is 0.741. The topological polar surface area (TPSA) is 92.5 Å². The van der Waals surface area contributed by atoms with Crippen LogP contribution in [0.3, 0.4) is 0 Å². The van der Waals surface area contributed by atoms with E-state index in [-0.39, 0.29) is 0 Å². The Morgan fingerprint density at radius 1 is 1.00 bits per heavy atom. The van der Waals surface area contributed by atoms with Crippen LogP contribution < -0.4 is 11.5 Å². The fourth-order valence-corrected chi connectivity index (χ4v) is 0.